The second-order valence-electron chi connectivity index (χ2n) is 8.49. The van der Waals surface area contributed by atoms with E-state index in [-0.39, 0.29) is 48.2 Å². The van der Waals surface area contributed by atoms with Crippen LogP contribution in [0.25, 0.3) is 0 Å². The van der Waals surface area contributed by atoms with Crippen molar-refractivity contribution in [2.75, 3.05) is 36.5 Å². The number of rotatable bonds is 4. The smallest absolute Gasteiger partial charge is 0.256 e. The molecular formula is C21H27N3O5S. The minimum atomic E-state index is -3.11. The number of nitrogens with one attached hydrogen (secondary N) is 1. The van der Waals surface area contributed by atoms with Gasteiger partial charge in [-0.1, -0.05) is 12.1 Å². The lowest BCUT2D eigenvalue weighted by Gasteiger charge is -2.23. The summed E-state index contributed by atoms with van der Waals surface area (Å²) in [6.07, 6.45) is 2.45. The van der Waals surface area contributed by atoms with Crippen LogP contribution in [0.1, 0.15) is 41.6 Å². The molecule has 0 aliphatic carbocycles. The van der Waals surface area contributed by atoms with Crippen LogP contribution in [-0.4, -0.2) is 73.1 Å². The standard InChI is InChI=1S/C21H27N3O5S/c1-14-5-4-6-17(19(14)21(27)23-8-2-3-9-23)22-20(26)15-11-18(25)24(12-15)16-7-10-30(28,29)13-16/h4-6,15-16H,2-3,7-13H2,1H3,(H,22,26)/t15-,16-/m1/s1. The average Bonchev–Trinajstić information content (AvgIpc) is 3.41. The maximum atomic E-state index is 13.0. The van der Waals surface area contributed by atoms with E-state index in [0.717, 1.165) is 31.5 Å². The summed E-state index contributed by atoms with van der Waals surface area (Å²) in [4.78, 5) is 41.7. The van der Waals surface area contributed by atoms with Crippen LogP contribution in [0.5, 0.6) is 0 Å². The molecule has 0 spiro atoms. The van der Waals surface area contributed by atoms with Gasteiger partial charge in [0.05, 0.1) is 28.7 Å². The Morgan fingerprint density at radius 3 is 2.57 bits per heavy atom. The molecule has 162 valence electrons. The van der Waals surface area contributed by atoms with Crippen LogP contribution in [0.4, 0.5) is 5.69 Å². The van der Waals surface area contributed by atoms with Gasteiger partial charge in [-0.25, -0.2) is 8.42 Å². The molecule has 1 aromatic rings. The Morgan fingerprint density at radius 2 is 1.90 bits per heavy atom. The zero-order chi connectivity index (χ0) is 21.5. The molecule has 1 aromatic carbocycles. The number of carbonyl (C=O) groups excluding carboxylic acids is 3. The molecule has 0 bridgehead atoms. The first-order valence-electron chi connectivity index (χ1n) is 10.4. The number of hydrogen-bond donors (Lipinski definition) is 1. The molecule has 30 heavy (non-hydrogen) atoms. The number of sulfone groups is 1. The Morgan fingerprint density at radius 1 is 1.17 bits per heavy atom. The Kier molecular flexibility index (Phi) is 5.57. The quantitative estimate of drug-likeness (QED) is 0.769. The van der Waals surface area contributed by atoms with Crippen molar-refractivity contribution in [3.63, 3.8) is 0 Å². The summed E-state index contributed by atoms with van der Waals surface area (Å²) in [5, 5.41) is 2.86. The number of benzene rings is 1. The van der Waals surface area contributed by atoms with E-state index in [1.54, 1.807) is 21.9 Å². The second kappa shape index (κ2) is 8.02. The molecule has 0 radical (unpaired) electrons. The van der Waals surface area contributed by atoms with Crippen LogP contribution >= 0.6 is 0 Å². The lowest BCUT2D eigenvalue weighted by atomic mass is 10.0. The van der Waals surface area contributed by atoms with Gasteiger partial charge in [-0.05, 0) is 37.8 Å². The Hall–Kier alpha value is -2.42. The first-order valence-corrected chi connectivity index (χ1v) is 12.3. The van der Waals surface area contributed by atoms with Crippen LogP contribution in [0.2, 0.25) is 0 Å². The number of aryl methyl sites for hydroxylation is 1. The van der Waals surface area contributed by atoms with Crippen LogP contribution in [0.3, 0.4) is 0 Å². The summed E-state index contributed by atoms with van der Waals surface area (Å²) in [5.74, 6) is -1.08. The van der Waals surface area contributed by atoms with Gasteiger partial charge in [-0.15, -0.1) is 0 Å². The van der Waals surface area contributed by atoms with Gasteiger partial charge in [-0.2, -0.15) is 0 Å². The molecular weight excluding hydrogens is 406 g/mol. The first-order chi connectivity index (χ1) is 14.2. The fourth-order valence-electron chi connectivity index (χ4n) is 4.65. The Bertz CT molecular complexity index is 984. The number of amides is 3. The van der Waals surface area contributed by atoms with E-state index >= 15 is 0 Å². The van der Waals surface area contributed by atoms with E-state index < -0.39 is 15.8 Å². The largest absolute Gasteiger partial charge is 0.339 e. The maximum absolute atomic E-state index is 13.0. The van der Waals surface area contributed by atoms with Gasteiger partial charge in [0.1, 0.15) is 0 Å². The summed E-state index contributed by atoms with van der Waals surface area (Å²) >= 11 is 0. The van der Waals surface area contributed by atoms with Gasteiger partial charge in [0.25, 0.3) is 5.91 Å². The number of likely N-dealkylation sites (tertiary alicyclic amines) is 2. The van der Waals surface area contributed by atoms with Gasteiger partial charge in [0, 0.05) is 32.1 Å². The van der Waals surface area contributed by atoms with Gasteiger partial charge in [0.15, 0.2) is 9.84 Å². The van der Waals surface area contributed by atoms with Crippen molar-refractivity contribution < 1.29 is 22.8 Å². The van der Waals surface area contributed by atoms with Crippen molar-refractivity contribution in [1.29, 1.82) is 0 Å². The summed E-state index contributed by atoms with van der Waals surface area (Å²) in [7, 11) is -3.11. The maximum Gasteiger partial charge on any atom is 0.256 e. The molecule has 4 rings (SSSR count). The molecule has 1 N–H and O–H groups in total. The normalized spacial score (nSPS) is 25.7. The fourth-order valence-corrected chi connectivity index (χ4v) is 6.38. The van der Waals surface area contributed by atoms with Gasteiger partial charge in [0.2, 0.25) is 11.8 Å². The predicted molar refractivity (Wildman–Crippen MR) is 112 cm³/mol. The van der Waals surface area contributed by atoms with Crippen LogP contribution in [0.15, 0.2) is 18.2 Å². The molecule has 9 heteroatoms. The molecule has 3 heterocycles. The lowest BCUT2D eigenvalue weighted by Crippen LogP contribution is -2.38. The van der Waals surface area contributed by atoms with E-state index in [2.05, 4.69) is 5.32 Å². The van der Waals surface area contributed by atoms with Gasteiger partial charge in [-0.3, -0.25) is 14.4 Å². The molecule has 3 aliphatic heterocycles. The minimum absolute atomic E-state index is 0.0283. The highest BCUT2D eigenvalue weighted by molar-refractivity contribution is 7.91. The van der Waals surface area contributed by atoms with E-state index in [9.17, 15) is 22.8 Å². The van der Waals surface area contributed by atoms with Crippen LogP contribution in [0, 0.1) is 12.8 Å². The fraction of sp³-hybridized carbons (Fsp3) is 0.571. The van der Waals surface area contributed by atoms with Crippen molar-refractivity contribution in [3.05, 3.63) is 29.3 Å². The zero-order valence-electron chi connectivity index (χ0n) is 17.1. The number of anilines is 1. The monoisotopic (exact) mass is 433 g/mol. The van der Waals surface area contributed by atoms with Gasteiger partial charge < -0.3 is 15.1 Å². The minimum Gasteiger partial charge on any atom is -0.339 e. The first kappa shape index (κ1) is 20.8. The lowest BCUT2D eigenvalue weighted by molar-refractivity contribution is -0.129. The third-order valence-electron chi connectivity index (χ3n) is 6.32. The Balaban J connectivity index is 1.47. The van der Waals surface area contributed by atoms with Gasteiger partial charge >= 0.3 is 0 Å². The number of hydrogen-bond acceptors (Lipinski definition) is 5. The second-order valence-corrected chi connectivity index (χ2v) is 10.7. The summed E-state index contributed by atoms with van der Waals surface area (Å²) in [6, 6.07) is 5.01. The molecule has 3 amide bonds. The van der Waals surface area contributed by atoms with Crippen LogP contribution < -0.4 is 5.32 Å². The van der Waals surface area contributed by atoms with Crippen molar-refractivity contribution in [3.8, 4) is 0 Å². The molecule has 2 atom stereocenters. The SMILES string of the molecule is Cc1cccc(NC(=O)[C@@H]2CC(=O)N([C@@H]3CCS(=O)(=O)C3)C2)c1C(=O)N1CCCC1. The highest BCUT2D eigenvalue weighted by Gasteiger charge is 2.42. The summed E-state index contributed by atoms with van der Waals surface area (Å²) in [6.45, 7) is 3.50. The molecule has 3 fully saturated rings. The molecule has 3 saturated heterocycles. The van der Waals surface area contributed by atoms with Crippen molar-refractivity contribution in [2.24, 2.45) is 5.92 Å². The third-order valence-corrected chi connectivity index (χ3v) is 8.07. The Labute approximate surface area is 176 Å². The van der Waals surface area contributed by atoms with Crippen molar-refractivity contribution in [1.82, 2.24) is 9.80 Å². The highest BCUT2D eigenvalue weighted by Crippen LogP contribution is 2.29. The molecule has 3 aliphatic rings. The molecule has 0 saturated carbocycles. The molecule has 0 aromatic heterocycles. The summed E-state index contributed by atoms with van der Waals surface area (Å²) in [5.41, 5.74) is 1.76. The van der Waals surface area contributed by atoms with Crippen molar-refractivity contribution in [2.45, 2.75) is 38.6 Å². The van der Waals surface area contributed by atoms with E-state index in [4.69, 9.17) is 0 Å². The molecule has 0 unspecified atom stereocenters. The number of carbonyl (C=O) groups is 3. The number of nitrogens with zero attached hydrogens (tertiary/aromatic N) is 2. The van der Waals surface area contributed by atoms with Crippen LogP contribution in [-0.2, 0) is 19.4 Å². The topological polar surface area (TPSA) is 104 Å². The van der Waals surface area contributed by atoms with Crippen molar-refractivity contribution >= 4 is 33.2 Å². The third kappa shape index (κ3) is 4.08. The van der Waals surface area contributed by atoms with E-state index in [1.807, 2.05) is 13.0 Å². The molecule has 8 nitrogen and oxygen atoms in total. The highest BCUT2D eigenvalue weighted by atomic mass is 32.2. The van der Waals surface area contributed by atoms with E-state index in [0.29, 0.717) is 17.7 Å². The average molecular weight is 434 g/mol. The zero-order valence-corrected chi connectivity index (χ0v) is 17.9. The predicted octanol–water partition coefficient (Wildman–Crippen LogP) is 1.21. The van der Waals surface area contributed by atoms with E-state index in [1.165, 1.54) is 0 Å². The summed E-state index contributed by atoms with van der Waals surface area (Å²) < 4.78 is 23.5.